The van der Waals surface area contributed by atoms with Crippen LogP contribution in [0.3, 0.4) is 0 Å². The van der Waals surface area contributed by atoms with Gasteiger partial charge in [0.05, 0.1) is 18.1 Å². The van der Waals surface area contributed by atoms with E-state index in [0.717, 1.165) is 0 Å². The summed E-state index contributed by atoms with van der Waals surface area (Å²) in [5, 5.41) is 13.7. The van der Waals surface area contributed by atoms with Crippen molar-refractivity contribution >= 4 is 23.0 Å². The number of hydrogen-bond donors (Lipinski definition) is 2. The molecule has 1 fully saturated rings. The minimum absolute atomic E-state index is 0.0915. The molecule has 0 aromatic heterocycles. The van der Waals surface area contributed by atoms with Crippen LogP contribution in [0.4, 0.5) is 17.1 Å². The van der Waals surface area contributed by atoms with Crippen molar-refractivity contribution in [2.45, 2.75) is 13.0 Å². The van der Waals surface area contributed by atoms with Gasteiger partial charge in [0.25, 0.3) is 5.69 Å². The van der Waals surface area contributed by atoms with Gasteiger partial charge in [-0.3, -0.25) is 14.9 Å². The number of carbonyl (C=O) groups excluding carboxylic acids is 1. The molecular weight excluding hydrogens is 276 g/mol. The Morgan fingerprint density at radius 2 is 2.33 bits per heavy atom. The molecule has 114 valence electrons. The van der Waals surface area contributed by atoms with Gasteiger partial charge in [0.1, 0.15) is 6.04 Å². The van der Waals surface area contributed by atoms with Crippen LogP contribution in [-0.4, -0.2) is 43.2 Å². The lowest BCUT2D eigenvalue weighted by molar-refractivity contribution is -0.384. The number of nitro benzene ring substituents is 1. The van der Waals surface area contributed by atoms with Gasteiger partial charge in [-0.05, 0) is 13.0 Å². The van der Waals surface area contributed by atoms with Crippen molar-refractivity contribution in [3.8, 4) is 0 Å². The second-order valence-electron chi connectivity index (χ2n) is 4.72. The Hall–Kier alpha value is -2.35. The fraction of sp³-hybridized carbons (Fsp3) is 0.462. The molecule has 0 saturated carbocycles. The van der Waals surface area contributed by atoms with Crippen molar-refractivity contribution in [1.82, 2.24) is 5.32 Å². The smallest absolute Gasteiger partial charge is 0.273 e. The lowest BCUT2D eigenvalue weighted by Crippen LogP contribution is -2.54. The number of nitrogens with one attached hydrogen (secondary N) is 1. The van der Waals surface area contributed by atoms with Crippen LogP contribution in [0.5, 0.6) is 0 Å². The Kier molecular flexibility index (Phi) is 4.59. The molecule has 3 N–H and O–H groups in total. The Morgan fingerprint density at radius 3 is 3.00 bits per heavy atom. The van der Waals surface area contributed by atoms with E-state index in [9.17, 15) is 14.9 Å². The summed E-state index contributed by atoms with van der Waals surface area (Å²) >= 11 is 0. The molecule has 1 aliphatic rings. The Labute approximate surface area is 122 Å². The topological polar surface area (TPSA) is 111 Å². The van der Waals surface area contributed by atoms with Crippen LogP contribution in [-0.2, 0) is 9.53 Å². The zero-order valence-electron chi connectivity index (χ0n) is 11.7. The van der Waals surface area contributed by atoms with Gasteiger partial charge in [-0.1, -0.05) is 0 Å². The van der Waals surface area contributed by atoms with Gasteiger partial charge in [-0.15, -0.1) is 0 Å². The Bertz CT molecular complexity index is 549. The highest BCUT2D eigenvalue weighted by atomic mass is 16.6. The van der Waals surface area contributed by atoms with Crippen LogP contribution < -0.4 is 16.0 Å². The Balaban J connectivity index is 2.32. The summed E-state index contributed by atoms with van der Waals surface area (Å²) in [7, 11) is 0. The number of likely N-dealkylation sites (N-methyl/N-ethyl adjacent to an activating group) is 1. The molecule has 0 radical (unpaired) electrons. The van der Waals surface area contributed by atoms with Crippen molar-refractivity contribution in [1.29, 1.82) is 0 Å². The Morgan fingerprint density at radius 1 is 1.57 bits per heavy atom. The van der Waals surface area contributed by atoms with Crippen LogP contribution >= 0.6 is 0 Å². The maximum absolute atomic E-state index is 12.1. The predicted octanol–water partition coefficient (Wildman–Crippen LogP) is 0.518. The van der Waals surface area contributed by atoms with Crippen LogP contribution in [0.25, 0.3) is 0 Å². The number of nitrogen functional groups attached to an aromatic ring is 1. The summed E-state index contributed by atoms with van der Waals surface area (Å²) in [5.74, 6) is -0.165. The molecule has 1 amide bonds. The summed E-state index contributed by atoms with van der Waals surface area (Å²) in [6, 6.07) is 3.84. The molecule has 8 nitrogen and oxygen atoms in total. The van der Waals surface area contributed by atoms with Gasteiger partial charge >= 0.3 is 0 Å². The molecule has 21 heavy (non-hydrogen) atoms. The number of hydrogen-bond acceptors (Lipinski definition) is 6. The molecular formula is C13H18N4O4. The van der Waals surface area contributed by atoms with Crippen LogP contribution in [0.2, 0.25) is 0 Å². The zero-order valence-corrected chi connectivity index (χ0v) is 11.7. The zero-order chi connectivity index (χ0) is 15.4. The van der Waals surface area contributed by atoms with E-state index in [1.54, 1.807) is 11.0 Å². The molecule has 1 aromatic rings. The maximum Gasteiger partial charge on any atom is 0.273 e. The minimum atomic E-state index is -0.514. The average molecular weight is 294 g/mol. The summed E-state index contributed by atoms with van der Waals surface area (Å²) in [5.41, 5.74) is 6.48. The number of morpholine rings is 1. The number of nitro groups is 1. The molecule has 1 saturated heterocycles. The number of ether oxygens (including phenoxy) is 1. The van der Waals surface area contributed by atoms with Crippen LogP contribution in [0, 0.1) is 10.1 Å². The van der Waals surface area contributed by atoms with Crippen molar-refractivity contribution in [2.24, 2.45) is 0 Å². The number of amides is 1. The number of anilines is 2. The highest BCUT2D eigenvalue weighted by molar-refractivity contribution is 5.86. The molecule has 0 aliphatic carbocycles. The number of rotatable bonds is 4. The number of non-ortho nitro benzene ring substituents is 1. The van der Waals surface area contributed by atoms with E-state index in [4.69, 9.17) is 10.5 Å². The fourth-order valence-electron chi connectivity index (χ4n) is 2.31. The van der Waals surface area contributed by atoms with E-state index in [1.807, 2.05) is 6.92 Å². The number of benzene rings is 1. The third-order valence-corrected chi connectivity index (χ3v) is 3.25. The van der Waals surface area contributed by atoms with E-state index >= 15 is 0 Å². The van der Waals surface area contributed by atoms with Gasteiger partial charge in [-0.2, -0.15) is 0 Å². The van der Waals surface area contributed by atoms with E-state index in [0.29, 0.717) is 31.1 Å². The molecule has 0 spiro atoms. The summed E-state index contributed by atoms with van der Waals surface area (Å²) in [6.07, 6.45) is 0. The first-order valence-corrected chi connectivity index (χ1v) is 6.70. The molecule has 0 bridgehead atoms. The lowest BCUT2D eigenvalue weighted by Gasteiger charge is -2.36. The van der Waals surface area contributed by atoms with E-state index in [1.165, 1.54) is 12.1 Å². The van der Waals surface area contributed by atoms with Crippen molar-refractivity contribution in [3.05, 3.63) is 28.3 Å². The summed E-state index contributed by atoms with van der Waals surface area (Å²) in [4.78, 5) is 24.3. The highest BCUT2D eigenvalue weighted by Crippen LogP contribution is 2.27. The summed E-state index contributed by atoms with van der Waals surface area (Å²) in [6.45, 7) is 3.52. The first-order valence-electron chi connectivity index (χ1n) is 6.70. The van der Waals surface area contributed by atoms with Crippen LogP contribution in [0.15, 0.2) is 18.2 Å². The first-order chi connectivity index (χ1) is 10.0. The fourth-order valence-corrected chi connectivity index (χ4v) is 2.31. The molecule has 8 heteroatoms. The van der Waals surface area contributed by atoms with E-state index < -0.39 is 11.0 Å². The van der Waals surface area contributed by atoms with E-state index in [-0.39, 0.29) is 18.2 Å². The molecule has 1 aliphatic heterocycles. The lowest BCUT2D eigenvalue weighted by atomic mass is 10.1. The van der Waals surface area contributed by atoms with Gasteiger partial charge in [0.2, 0.25) is 5.91 Å². The monoisotopic (exact) mass is 294 g/mol. The SMILES string of the molecule is CCNC(=O)C1COCCN1c1cc(N)cc([N+](=O)[O-])c1. The number of nitrogens with zero attached hydrogens (tertiary/aromatic N) is 2. The summed E-state index contributed by atoms with van der Waals surface area (Å²) < 4.78 is 5.34. The number of nitrogens with two attached hydrogens (primary N) is 1. The van der Waals surface area contributed by atoms with Crippen molar-refractivity contribution < 1.29 is 14.5 Å². The average Bonchev–Trinajstić information content (AvgIpc) is 2.46. The normalized spacial score (nSPS) is 18.3. The second-order valence-corrected chi connectivity index (χ2v) is 4.72. The third-order valence-electron chi connectivity index (χ3n) is 3.25. The highest BCUT2D eigenvalue weighted by Gasteiger charge is 2.30. The maximum atomic E-state index is 12.1. The van der Waals surface area contributed by atoms with Crippen molar-refractivity contribution in [2.75, 3.05) is 36.9 Å². The predicted molar refractivity (Wildman–Crippen MR) is 78.1 cm³/mol. The molecule has 1 atom stereocenters. The molecule has 2 rings (SSSR count). The largest absolute Gasteiger partial charge is 0.398 e. The number of carbonyl (C=O) groups is 1. The standard InChI is InChI=1S/C13H18N4O4/c1-2-15-13(18)12-8-21-4-3-16(12)10-5-9(14)6-11(7-10)17(19)20/h5-7,12H,2-4,8,14H2,1H3,(H,15,18). The van der Waals surface area contributed by atoms with Gasteiger partial charge in [0, 0.05) is 36.6 Å². The third kappa shape index (κ3) is 3.40. The molecule has 1 heterocycles. The van der Waals surface area contributed by atoms with Gasteiger partial charge < -0.3 is 20.7 Å². The van der Waals surface area contributed by atoms with Crippen LogP contribution in [0.1, 0.15) is 6.92 Å². The van der Waals surface area contributed by atoms with Gasteiger partial charge in [-0.25, -0.2) is 0 Å². The molecule has 1 aromatic carbocycles. The van der Waals surface area contributed by atoms with E-state index in [2.05, 4.69) is 5.32 Å². The molecule has 1 unspecified atom stereocenters. The van der Waals surface area contributed by atoms with Gasteiger partial charge in [0.15, 0.2) is 0 Å². The first kappa shape index (κ1) is 15.0. The van der Waals surface area contributed by atoms with Crippen molar-refractivity contribution in [3.63, 3.8) is 0 Å². The quantitative estimate of drug-likeness (QED) is 0.476. The second kappa shape index (κ2) is 6.40. The minimum Gasteiger partial charge on any atom is -0.398 e.